The average Bonchev–Trinajstić information content (AvgIpc) is 3.40. The molecule has 0 amide bonds. The van der Waals surface area contributed by atoms with Gasteiger partial charge in [0.15, 0.2) is 6.10 Å². The van der Waals surface area contributed by atoms with Crippen molar-refractivity contribution >= 4 is 17.9 Å². The molecule has 0 aliphatic rings. The van der Waals surface area contributed by atoms with Crippen LogP contribution in [0, 0.1) is 0 Å². The van der Waals surface area contributed by atoms with Crippen LogP contribution in [-0.4, -0.2) is 37.2 Å². The van der Waals surface area contributed by atoms with E-state index in [1.54, 1.807) is 0 Å². The number of ether oxygens (including phenoxy) is 3. The summed E-state index contributed by atoms with van der Waals surface area (Å²) >= 11 is 0. The number of allylic oxidation sites excluding steroid dienone is 6. The molecule has 6 nitrogen and oxygen atoms in total. The van der Waals surface area contributed by atoms with Gasteiger partial charge in [-0.15, -0.1) is 0 Å². The number of esters is 3. The van der Waals surface area contributed by atoms with E-state index in [1.165, 1.54) is 250 Å². The fraction of sp³-hybridized carbons (Fsp3) is 0.868. The summed E-state index contributed by atoms with van der Waals surface area (Å²) in [5, 5.41) is 0. The molecule has 0 aliphatic carbocycles. The van der Waals surface area contributed by atoms with E-state index in [0.717, 1.165) is 70.6 Å². The molecule has 0 heterocycles. The highest BCUT2D eigenvalue weighted by Crippen LogP contribution is 2.18. The Morgan fingerprint density at radius 2 is 0.486 bits per heavy atom. The summed E-state index contributed by atoms with van der Waals surface area (Å²) in [6, 6.07) is 0. The molecule has 1 unspecified atom stereocenters. The highest BCUT2D eigenvalue weighted by atomic mass is 16.6. The van der Waals surface area contributed by atoms with Crippen LogP contribution in [-0.2, 0) is 28.6 Å². The molecule has 0 aromatic carbocycles. The Kier molecular flexibility index (Phi) is 61.1. The number of carbonyl (C=O) groups excluding carboxylic acids is 3. The molecule has 6 heteroatoms. The second-order valence-electron chi connectivity index (χ2n) is 22.4. The van der Waals surface area contributed by atoms with Gasteiger partial charge in [-0.3, -0.25) is 14.4 Å². The third kappa shape index (κ3) is 60.5. The van der Waals surface area contributed by atoms with Gasteiger partial charge in [-0.1, -0.05) is 320 Å². The molecule has 0 N–H and O–H groups in total. The quantitative estimate of drug-likeness (QED) is 0.0261. The van der Waals surface area contributed by atoms with Gasteiger partial charge in [0.25, 0.3) is 0 Å². The lowest BCUT2D eigenvalue weighted by Gasteiger charge is -2.18. The first kappa shape index (κ1) is 71.6. The Morgan fingerprint density at radius 1 is 0.270 bits per heavy atom. The van der Waals surface area contributed by atoms with Crippen LogP contribution in [0.2, 0.25) is 0 Å². The monoisotopic (exact) mass is 1040 g/mol. The summed E-state index contributed by atoms with van der Waals surface area (Å²) in [5.41, 5.74) is 0. The third-order valence-electron chi connectivity index (χ3n) is 14.9. The predicted molar refractivity (Wildman–Crippen MR) is 321 cm³/mol. The standard InChI is InChI=1S/C68H126O6/c1-4-7-10-13-16-19-22-24-26-27-28-29-30-31-32-33-34-35-36-37-38-39-40-41-43-44-46-49-52-55-58-61-67(70)73-64-65(63-72-66(69)60-57-54-51-48-21-18-15-12-9-6-3)74-68(71)62-59-56-53-50-47-45-42-25-23-20-17-14-11-8-5-2/h22,24,27-28,30-31,65H,4-21,23,25-26,29,32-64H2,1-3H3/b24-22-,28-27-,31-30-. The lowest BCUT2D eigenvalue weighted by atomic mass is 10.0. The Morgan fingerprint density at radius 3 is 0.757 bits per heavy atom. The molecule has 0 fully saturated rings. The summed E-state index contributed by atoms with van der Waals surface area (Å²) in [4.78, 5) is 38.2. The Hall–Kier alpha value is -2.37. The van der Waals surface area contributed by atoms with E-state index in [-0.39, 0.29) is 31.1 Å². The fourth-order valence-electron chi connectivity index (χ4n) is 9.92. The van der Waals surface area contributed by atoms with Crippen molar-refractivity contribution in [1.29, 1.82) is 0 Å². The lowest BCUT2D eigenvalue weighted by Crippen LogP contribution is -2.30. The first-order valence-electron chi connectivity index (χ1n) is 33.0. The van der Waals surface area contributed by atoms with E-state index in [2.05, 4.69) is 57.2 Å². The summed E-state index contributed by atoms with van der Waals surface area (Å²) in [6.45, 7) is 6.67. The van der Waals surface area contributed by atoms with Gasteiger partial charge in [0.2, 0.25) is 0 Å². The predicted octanol–water partition coefficient (Wildman–Crippen LogP) is 22.4. The normalized spacial score (nSPS) is 12.2. The molecule has 0 rings (SSSR count). The number of carbonyl (C=O) groups is 3. The lowest BCUT2D eigenvalue weighted by molar-refractivity contribution is -0.167. The molecule has 0 aromatic heterocycles. The third-order valence-corrected chi connectivity index (χ3v) is 14.9. The van der Waals surface area contributed by atoms with Crippen molar-refractivity contribution in [3.63, 3.8) is 0 Å². The van der Waals surface area contributed by atoms with Crippen molar-refractivity contribution in [3.05, 3.63) is 36.5 Å². The maximum atomic E-state index is 12.9. The SMILES string of the molecule is CCCCCCC/C=C\C/C=C\C/C=C\CCCCCCCCCCCCCCCCCCC(=O)OCC(COC(=O)CCCCCCCCCCCC)OC(=O)CCCCCCCCCCCCCCCCC. The van der Waals surface area contributed by atoms with E-state index < -0.39 is 6.10 Å². The van der Waals surface area contributed by atoms with Gasteiger partial charge in [-0.25, -0.2) is 0 Å². The van der Waals surface area contributed by atoms with Gasteiger partial charge in [0.1, 0.15) is 13.2 Å². The van der Waals surface area contributed by atoms with Crippen molar-refractivity contribution < 1.29 is 28.6 Å². The fourth-order valence-corrected chi connectivity index (χ4v) is 9.92. The zero-order valence-electron chi connectivity index (χ0n) is 49.9. The Labute approximate surface area is 461 Å². The highest BCUT2D eigenvalue weighted by Gasteiger charge is 2.19. The molecular formula is C68H126O6. The van der Waals surface area contributed by atoms with E-state index in [4.69, 9.17) is 14.2 Å². The summed E-state index contributed by atoms with van der Waals surface area (Å²) in [5.74, 6) is -0.843. The summed E-state index contributed by atoms with van der Waals surface area (Å²) in [6.07, 6.45) is 77.4. The molecule has 1 atom stereocenters. The summed E-state index contributed by atoms with van der Waals surface area (Å²) < 4.78 is 16.9. The number of rotatable bonds is 61. The smallest absolute Gasteiger partial charge is 0.306 e. The van der Waals surface area contributed by atoms with Crippen LogP contribution in [0.15, 0.2) is 36.5 Å². The molecule has 0 bridgehead atoms. The van der Waals surface area contributed by atoms with Crippen molar-refractivity contribution in [2.75, 3.05) is 13.2 Å². The average molecular weight is 1040 g/mol. The van der Waals surface area contributed by atoms with E-state index in [0.29, 0.717) is 19.3 Å². The molecule has 0 saturated carbocycles. The van der Waals surface area contributed by atoms with Gasteiger partial charge < -0.3 is 14.2 Å². The van der Waals surface area contributed by atoms with E-state index in [9.17, 15) is 14.4 Å². The van der Waals surface area contributed by atoms with Gasteiger partial charge in [0.05, 0.1) is 0 Å². The maximum absolute atomic E-state index is 12.9. The van der Waals surface area contributed by atoms with Crippen molar-refractivity contribution in [1.82, 2.24) is 0 Å². The molecule has 0 radical (unpaired) electrons. The minimum atomic E-state index is -0.766. The van der Waals surface area contributed by atoms with Crippen LogP contribution in [0.5, 0.6) is 0 Å². The molecule has 0 aliphatic heterocycles. The summed E-state index contributed by atoms with van der Waals surface area (Å²) in [7, 11) is 0. The molecular weight excluding hydrogens is 913 g/mol. The van der Waals surface area contributed by atoms with Crippen LogP contribution in [0.1, 0.15) is 361 Å². The van der Waals surface area contributed by atoms with Crippen LogP contribution in [0.3, 0.4) is 0 Å². The maximum Gasteiger partial charge on any atom is 0.306 e. The van der Waals surface area contributed by atoms with Crippen LogP contribution in [0.4, 0.5) is 0 Å². The number of unbranched alkanes of at least 4 members (excludes halogenated alkanes) is 44. The Bertz CT molecular complexity index is 1240. The number of hydrogen-bond donors (Lipinski definition) is 0. The second-order valence-corrected chi connectivity index (χ2v) is 22.4. The minimum Gasteiger partial charge on any atom is -0.462 e. The number of hydrogen-bond acceptors (Lipinski definition) is 6. The van der Waals surface area contributed by atoms with Gasteiger partial charge in [-0.05, 0) is 57.8 Å². The van der Waals surface area contributed by atoms with Crippen molar-refractivity contribution in [2.45, 2.75) is 367 Å². The first-order chi connectivity index (χ1) is 36.5. The molecule has 0 saturated heterocycles. The zero-order chi connectivity index (χ0) is 53.6. The molecule has 434 valence electrons. The zero-order valence-corrected chi connectivity index (χ0v) is 49.9. The van der Waals surface area contributed by atoms with Gasteiger partial charge in [-0.2, -0.15) is 0 Å². The van der Waals surface area contributed by atoms with Crippen molar-refractivity contribution in [2.24, 2.45) is 0 Å². The van der Waals surface area contributed by atoms with Crippen molar-refractivity contribution in [3.8, 4) is 0 Å². The van der Waals surface area contributed by atoms with E-state index >= 15 is 0 Å². The van der Waals surface area contributed by atoms with Gasteiger partial charge in [0, 0.05) is 19.3 Å². The molecule has 74 heavy (non-hydrogen) atoms. The largest absolute Gasteiger partial charge is 0.462 e. The van der Waals surface area contributed by atoms with Crippen LogP contribution < -0.4 is 0 Å². The first-order valence-corrected chi connectivity index (χ1v) is 33.0. The van der Waals surface area contributed by atoms with Gasteiger partial charge >= 0.3 is 17.9 Å². The van der Waals surface area contributed by atoms with E-state index in [1.807, 2.05) is 0 Å². The topological polar surface area (TPSA) is 78.9 Å². The minimum absolute atomic E-state index is 0.0655. The van der Waals surface area contributed by atoms with Crippen LogP contribution in [0.25, 0.3) is 0 Å². The second kappa shape index (κ2) is 63.2. The van der Waals surface area contributed by atoms with Crippen LogP contribution >= 0.6 is 0 Å². The Balaban J connectivity index is 4.08. The highest BCUT2D eigenvalue weighted by molar-refractivity contribution is 5.71. The molecule has 0 aromatic rings. The molecule has 0 spiro atoms.